The monoisotopic (exact) mass is 504 g/mol. The third-order valence-electron chi connectivity index (χ3n) is 6.43. The predicted octanol–water partition coefficient (Wildman–Crippen LogP) is 3.21. The second-order valence-corrected chi connectivity index (χ2v) is 9.81. The molecule has 1 aliphatic rings. The summed E-state index contributed by atoms with van der Waals surface area (Å²) in [5, 5.41) is 16.9. The second kappa shape index (κ2) is 13.4. The summed E-state index contributed by atoms with van der Waals surface area (Å²) in [4.78, 5) is 42.0. The molecular weight excluding hydrogens is 468 g/mol. The Balaban J connectivity index is 1.52. The van der Waals surface area contributed by atoms with Crippen LogP contribution < -0.4 is 16.0 Å². The Morgan fingerprint density at radius 3 is 2.46 bits per heavy atom. The number of likely N-dealkylation sites (tertiary alicyclic amines) is 1. The van der Waals surface area contributed by atoms with Crippen molar-refractivity contribution < 1.29 is 14.4 Å². The minimum absolute atomic E-state index is 0.113. The first-order valence-corrected chi connectivity index (χ1v) is 12.6. The first-order chi connectivity index (χ1) is 17.8. The van der Waals surface area contributed by atoms with E-state index < -0.39 is 11.9 Å². The Kier molecular flexibility index (Phi) is 10.0. The summed E-state index contributed by atoms with van der Waals surface area (Å²) in [5.41, 5.74) is 2.22. The van der Waals surface area contributed by atoms with Gasteiger partial charge in [0.2, 0.25) is 5.91 Å². The van der Waals surface area contributed by atoms with Gasteiger partial charge in [-0.25, -0.2) is 4.79 Å². The van der Waals surface area contributed by atoms with E-state index in [2.05, 4.69) is 33.0 Å². The zero-order valence-electron chi connectivity index (χ0n) is 21.7. The number of hydrogen-bond acceptors (Lipinski definition) is 5. The molecule has 3 N–H and O–H groups in total. The third kappa shape index (κ3) is 8.33. The van der Waals surface area contributed by atoms with Crippen LogP contribution in [-0.4, -0.2) is 66.4 Å². The van der Waals surface area contributed by atoms with Crippen molar-refractivity contribution in [3.8, 4) is 6.07 Å². The lowest BCUT2D eigenvalue weighted by molar-refractivity contribution is -0.123. The molecule has 0 bridgehead atoms. The molecule has 1 fully saturated rings. The maximum absolute atomic E-state index is 12.8. The molecule has 9 nitrogen and oxygen atoms in total. The molecule has 1 heterocycles. The van der Waals surface area contributed by atoms with E-state index in [1.807, 2.05) is 38.1 Å². The number of urea groups is 1. The largest absolute Gasteiger partial charge is 0.341 e. The van der Waals surface area contributed by atoms with Crippen molar-refractivity contribution in [2.45, 2.75) is 45.3 Å². The standard InChI is InChI=1S/C28H36N6O3/c1-20(2)17-25(27(36)30-15-14-29)32-26(35)22-9-11-23(12-10-22)31-28(37)33(3)24-13-16-34(19-24)18-21-7-5-4-6-8-21/h4-12,20,24-25H,13,15-19H2,1-3H3,(H,30,36)(H,31,37)(H,32,35)/t24-,25?/m1/s1. The second-order valence-electron chi connectivity index (χ2n) is 9.81. The van der Waals surface area contributed by atoms with Gasteiger partial charge in [0.25, 0.3) is 5.91 Å². The molecule has 1 unspecified atom stereocenters. The van der Waals surface area contributed by atoms with Gasteiger partial charge in [-0.3, -0.25) is 14.5 Å². The van der Waals surface area contributed by atoms with E-state index in [-0.39, 0.29) is 30.4 Å². The maximum Gasteiger partial charge on any atom is 0.321 e. The van der Waals surface area contributed by atoms with Crippen LogP contribution in [0.5, 0.6) is 0 Å². The highest BCUT2D eigenvalue weighted by atomic mass is 16.2. The van der Waals surface area contributed by atoms with Gasteiger partial charge in [0, 0.05) is 44.0 Å². The van der Waals surface area contributed by atoms with Crippen molar-refractivity contribution in [3.05, 3.63) is 65.7 Å². The molecule has 4 amide bonds. The highest BCUT2D eigenvalue weighted by molar-refractivity contribution is 5.98. The maximum atomic E-state index is 12.8. The highest BCUT2D eigenvalue weighted by Gasteiger charge is 2.28. The highest BCUT2D eigenvalue weighted by Crippen LogP contribution is 2.19. The van der Waals surface area contributed by atoms with Crippen LogP contribution in [0.4, 0.5) is 10.5 Å². The van der Waals surface area contributed by atoms with Gasteiger partial charge >= 0.3 is 6.03 Å². The molecule has 196 valence electrons. The minimum Gasteiger partial charge on any atom is -0.341 e. The molecule has 1 saturated heterocycles. The van der Waals surface area contributed by atoms with Crippen molar-refractivity contribution in [2.24, 2.45) is 5.92 Å². The van der Waals surface area contributed by atoms with E-state index >= 15 is 0 Å². The average molecular weight is 505 g/mol. The zero-order valence-corrected chi connectivity index (χ0v) is 21.7. The molecule has 0 aromatic heterocycles. The number of nitrogens with zero attached hydrogens (tertiary/aromatic N) is 3. The quantitative estimate of drug-likeness (QED) is 0.430. The van der Waals surface area contributed by atoms with E-state index in [0.29, 0.717) is 17.7 Å². The van der Waals surface area contributed by atoms with E-state index in [1.54, 1.807) is 36.2 Å². The summed E-state index contributed by atoms with van der Waals surface area (Å²) in [7, 11) is 1.81. The fourth-order valence-electron chi connectivity index (χ4n) is 4.39. The number of nitrogens with one attached hydrogen (secondary N) is 3. The van der Waals surface area contributed by atoms with Gasteiger partial charge in [0.15, 0.2) is 0 Å². The van der Waals surface area contributed by atoms with Crippen LogP contribution in [0.3, 0.4) is 0 Å². The summed E-state index contributed by atoms with van der Waals surface area (Å²) in [6.07, 6.45) is 1.36. The topological polar surface area (TPSA) is 118 Å². The summed E-state index contributed by atoms with van der Waals surface area (Å²) >= 11 is 0. The number of benzene rings is 2. The Labute approximate surface area is 218 Å². The predicted molar refractivity (Wildman–Crippen MR) is 143 cm³/mol. The molecule has 37 heavy (non-hydrogen) atoms. The van der Waals surface area contributed by atoms with Crippen LogP contribution in [0, 0.1) is 17.2 Å². The van der Waals surface area contributed by atoms with Gasteiger partial charge in [-0.05, 0) is 48.6 Å². The summed E-state index contributed by atoms with van der Waals surface area (Å²) in [6, 6.07) is 17.9. The smallest absolute Gasteiger partial charge is 0.321 e. The van der Waals surface area contributed by atoms with Gasteiger partial charge in [0.1, 0.15) is 12.6 Å². The number of amides is 4. The van der Waals surface area contributed by atoms with E-state index in [0.717, 1.165) is 26.1 Å². The van der Waals surface area contributed by atoms with Crippen molar-refractivity contribution >= 4 is 23.5 Å². The number of rotatable bonds is 10. The Morgan fingerprint density at radius 1 is 1.11 bits per heavy atom. The molecule has 0 saturated carbocycles. The molecule has 1 aliphatic heterocycles. The number of anilines is 1. The van der Waals surface area contributed by atoms with Crippen molar-refractivity contribution in [3.63, 3.8) is 0 Å². The van der Waals surface area contributed by atoms with Gasteiger partial charge in [-0.1, -0.05) is 44.2 Å². The number of likely N-dealkylation sites (N-methyl/N-ethyl adjacent to an activating group) is 1. The molecular formula is C28H36N6O3. The van der Waals surface area contributed by atoms with Crippen molar-refractivity contribution in [1.29, 1.82) is 5.26 Å². The summed E-state index contributed by atoms with van der Waals surface area (Å²) < 4.78 is 0. The van der Waals surface area contributed by atoms with Gasteiger partial charge in [0.05, 0.1) is 6.07 Å². The lowest BCUT2D eigenvalue weighted by atomic mass is 10.0. The van der Waals surface area contributed by atoms with Crippen molar-refractivity contribution in [2.75, 3.05) is 32.0 Å². The van der Waals surface area contributed by atoms with Crippen LogP contribution in [0.25, 0.3) is 0 Å². The lowest BCUT2D eigenvalue weighted by Gasteiger charge is -2.25. The first-order valence-electron chi connectivity index (χ1n) is 12.6. The molecule has 2 aromatic rings. The number of carbonyl (C=O) groups is 3. The normalized spacial score (nSPS) is 16.0. The van der Waals surface area contributed by atoms with E-state index in [1.165, 1.54) is 5.56 Å². The summed E-state index contributed by atoms with van der Waals surface area (Å²) in [6.45, 7) is 6.42. The van der Waals surface area contributed by atoms with Crippen LogP contribution in [0.15, 0.2) is 54.6 Å². The molecule has 0 spiro atoms. The molecule has 0 radical (unpaired) electrons. The van der Waals surface area contributed by atoms with Gasteiger partial charge in [-0.15, -0.1) is 0 Å². The molecule has 2 atom stereocenters. The fraction of sp³-hybridized carbons (Fsp3) is 0.429. The van der Waals surface area contributed by atoms with E-state index in [4.69, 9.17) is 5.26 Å². The SMILES string of the molecule is CC(C)CC(NC(=O)c1ccc(NC(=O)N(C)[C@@H]2CCN(Cc3ccccc3)C2)cc1)C(=O)NCC#N. The van der Waals surface area contributed by atoms with Gasteiger partial charge < -0.3 is 20.9 Å². The molecule has 0 aliphatic carbocycles. The zero-order chi connectivity index (χ0) is 26.8. The molecule has 9 heteroatoms. The number of carbonyl (C=O) groups excluding carboxylic acids is 3. The fourth-order valence-corrected chi connectivity index (χ4v) is 4.39. The van der Waals surface area contributed by atoms with Crippen LogP contribution in [0.1, 0.15) is 42.6 Å². The summed E-state index contributed by atoms with van der Waals surface area (Å²) in [5.74, 6) is -0.597. The van der Waals surface area contributed by atoms with Crippen molar-refractivity contribution in [1.82, 2.24) is 20.4 Å². The van der Waals surface area contributed by atoms with Crippen LogP contribution >= 0.6 is 0 Å². The van der Waals surface area contributed by atoms with Crippen LogP contribution in [0.2, 0.25) is 0 Å². The number of hydrogen-bond donors (Lipinski definition) is 3. The molecule has 3 rings (SSSR count). The Bertz CT molecular complexity index is 1100. The number of nitriles is 1. The first kappa shape index (κ1) is 27.7. The third-order valence-corrected chi connectivity index (χ3v) is 6.43. The molecule has 2 aromatic carbocycles. The Morgan fingerprint density at radius 2 is 1.81 bits per heavy atom. The van der Waals surface area contributed by atoms with Crippen LogP contribution in [-0.2, 0) is 11.3 Å². The average Bonchev–Trinajstić information content (AvgIpc) is 3.35. The lowest BCUT2D eigenvalue weighted by Crippen LogP contribution is -2.47. The minimum atomic E-state index is -0.734. The van der Waals surface area contributed by atoms with Gasteiger partial charge in [-0.2, -0.15) is 5.26 Å². The van der Waals surface area contributed by atoms with E-state index in [9.17, 15) is 14.4 Å². The Hall–Kier alpha value is -3.90.